The fourth-order valence-corrected chi connectivity index (χ4v) is 4.87. The number of rotatable bonds is 6. The Kier molecular flexibility index (Phi) is 8.00. The van der Waals surface area contributed by atoms with Crippen LogP contribution in [0.25, 0.3) is 0 Å². The zero-order valence-electron chi connectivity index (χ0n) is 21.7. The van der Waals surface area contributed by atoms with E-state index in [0.717, 1.165) is 55.2 Å². The van der Waals surface area contributed by atoms with Crippen LogP contribution in [0.3, 0.4) is 0 Å². The lowest BCUT2D eigenvalue weighted by atomic mass is 10.2. The lowest BCUT2D eigenvalue weighted by Gasteiger charge is -2.36. The molecule has 5 rings (SSSR count). The molecule has 2 amide bonds. The highest BCUT2D eigenvalue weighted by Gasteiger charge is 2.24. The summed E-state index contributed by atoms with van der Waals surface area (Å²) in [6.07, 6.45) is 0. The highest BCUT2D eigenvalue weighted by Crippen LogP contribution is 2.15. The van der Waals surface area contributed by atoms with Gasteiger partial charge in [0.15, 0.2) is 0 Å². The summed E-state index contributed by atoms with van der Waals surface area (Å²) in [7, 11) is 0. The summed E-state index contributed by atoms with van der Waals surface area (Å²) in [5.74, 6) is 0.342. The van der Waals surface area contributed by atoms with Gasteiger partial charge in [-0.1, -0.05) is 29.8 Å². The summed E-state index contributed by atoms with van der Waals surface area (Å²) >= 11 is 0. The number of nitrogens with one attached hydrogen (secondary N) is 2. The first kappa shape index (κ1) is 25.9. The van der Waals surface area contributed by atoms with E-state index in [1.54, 1.807) is 11.0 Å². The van der Waals surface area contributed by atoms with Gasteiger partial charge in [-0.3, -0.25) is 19.6 Å². The lowest BCUT2D eigenvalue weighted by molar-refractivity contribution is 0.121. The number of aromatic amines is 1. The number of aromatic nitrogens is 2. The average molecular weight is 520 g/mol. The standard InChI is InChI=1S/C28H34FN7O2/c1-21-2-8-24(9-3-21)31-28(38)36-16-14-35(15-17-36)27-30-25(18-26(37)32-27)20-34-12-10-33(11-13-34)19-22-4-6-23(29)7-5-22/h2-9,18H,10-17,19-20H2,1H3,(H,31,38)(H,30,32,37). The second-order valence-electron chi connectivity index (χ2n) is 10.0. The monoisotopic (exact) mass is 519 g/mol. The zero-order chi connectivity index (χ0) is 26.5. The second-order valence-corrected chi connectivity index (χ2v) is 10.0. The first-order chi connectivity index (χ1) is 18.4. The van der Waals surface area contributed by atoms with Crippen molar-refractivity contribution in [3.63, 3.8) is 0 Å². The van der Waals surface area contributed by atoms with Gasteiger partial charge >= 0.3 is 6.03 Å². The predicted octanol–water partition coefficient (Wildman–Crippen LogP) is 2.89. The smallest absolute Gasteiger partial charge is 0.321 e. The number of carbonyl (C=O) groups is 1. The van der Waals surface area contributed by atoms with Gasteiger partial charge in [-0.05, 0) is 36.8 Å². The number of carbonyl (C=O) groups excluding carboxylic acids is 1. The van der Waals surface area contributed by atoms with E-state index < -0.39 is 0 Å². The Morgan fingerprint density at radius 1 is 0.895 bits per heavy atom. The third-order valence-corrected chi connectivity index (χ3v) is 7.12. The summed E-state index contributed by atoms with van der Waals surface area (Å²) in [6.45, 7) is 9.25. The fourth-order valence-electron chi connectivity index (χ4n) is 4.87. The Balaban J connectivity index is 1.11. The number of amides is 2. The zero-order valence-corrected chi connectivity index (χ0v) is 21.7. The number of hydrogen-bond donors (Lipinski definition) is 2. The van der Waals surface area contributed by atoms with Crippen molar-refractivity contribution in [3.05, 3.63) is 87.6 Å². The van der Waals surface area contributed by atoms with Gasteiger partial charge in [-0.2, -0.15) is 0 Å². The number of nitrogens with zero attached hydrogens (tertiary/aromatic N) is 5. The van der Waals surface area contributed by atoms with Gasteiger partial charge in [0.25, 0.3) is 5.56 Å². The van der Waals surface area contributed by atoms with Gasteiger partial charge in [-0.15, -0.1) is 0 Å². The van der Waals surface area contributed by atoms with Crippen LogP contribution in [0.1, 0.15) is 16.8 Å². The molecule has 0 bridgehead atoms. The molecule has 2 saturated heterocycles. The summed E-state index contributed by atoms with van der Waals surface area (Å²) in [6, 6.07) is 15.8. The minimum atomic E-state index is -0.214. The highest BCUT2D eigenvalue weighted by atomic mass is 19.1. The molecule has 2 aliphatic heterocycles. The van der Waals surface area contributed by atoms with E-state index in [0.29, 0.717) is 38.7 Å². The molecule has 38 heavy (non-hydrogen) atoms. The summed E-state index contributed by atoms with van der Waals surface area (Å²) in [5.41, 5.74) is 3.60. The van der Waals surface area contributed by atoms with Crippen molar-refractivity contribution in [2.24, 2.45) is 0 Å². The van der Waals surface area contributed by atoms with Crippen LogP contribution >= 0.6 is 0 Å². The Hall–Kier alpha value is -3.76. The molecule has 0 spiro atoms. The van der Waals surface area contributed by atoms with Gasteiger partial charge in [0.1, 0.15) is 5.82 Å². The van der Waals surface area contributed by atoms with Gasteiger partial charge in [0.2, 0.25) is 5.95 Å². The molecule has 2 aliphatic rings. The SMILES string of the molecule is Cc1ccc(NC(=O)N2CCN(c3nc(CN4CCN(Cc5ccc(F)cc5)CC4)cc(=O)[nH]3)CC2)cc1. The maximum atomic E-state index is 13.2. The number of benzene rings is 2. The molecule has 0 radical (unpaired) electrons. The van der Waals surface area contributed by atoms with Gasteiger partial charge in [-0.25, -0.2) is 14.2 Å². The number of urea groups is 1. The van der Waals surface area contributed by atoms with Crippen LogP contribution in [0.5, 0.6) is 0 Å². The van der Waals surface area contributed by atoms with E-state index in [-0.39, 0.29) is 17.4 Å². The van der Waals surface area contributed by atoms with E-state index in [9.17, 15) is 14.0 Å². The van der Waals surface area contributed by atoms with Crippen molar-refractivity contribution in [2.45, 2.75) is 20.0 Å². The predicted molar refractivity (Wildman–Crippen MR) is 146 cm³/mol. The third-order valence-electron chi connectivity index (χ3n) is 7.12. The Bertz CT molecular complexity index is 1280. The van der Waals surface area contributed by atoms with E-state index in [4.69, 9.17) is 4.98 Å². The number of aryl methyl sites for hydroxylation is 1. The molecule has 10 heteroatoms. The van der Waals surface area contributed by atoms with Crippen LogP contribution in [-0.2, 0) is 13.1 Å². The number of hydrogen-bond acceptors (Lipinski definition) is 6. The minimum Gasteiger partial charge on any atom is -0.339 e. The Labute approximate surface area is 221 Å². The molecule has 2 N–H and O–H groups in total. The first-order valence-electron chi connectivity index (χ1n) is 13.1. The molecule has 3 heterocycles. The van der Waals surface area contributed by atoms with Gasteiger partial charge < -0.3 is 15.1 Å². The first-order valence-corrected chi connectivity index (χ1v) is 13.1. The highest BCUT2D eigenvalue weighted by molar-refractivity contribution is 5.89. The van der Waals surface area contributed by atoms with Crippen molar-refractivity contribution in [3.8, 4) is 0 Å². The van der Waals surface area contributed by atoms with Crippen molar-refractivity contribution in [1.82, 2.24) is 24.7 Å². The van der Waals surface area contributed by atoms with Crippen molar-refractivity contribution in [1.29, 1.82) is 0 Å². The van der Waals surface area contributed by atoms with Crippen LogP contribution in [0.4, 0.5) is 20.8 Å². The molecule has 1 aromatic heterocycles. The van der Waals surface area contributed by atoms with Gasteiger partial charge in [0, 0.05) is 77.2 Å². The van der Waals surface area contributed by atoms with Crippen molar-refractivity contribution >= 4 is 17.7 Å². The summed E-state index contributed by atoms with van der Waals surface area (Å²) < 4.78 is 13.2. The van der Waals surface area contributed by atoms with Gasteiger partial charge in [0.05, 0.1) is 5.69 Å². The molecule has 0 unspecified atom stereocenters. The minimum absolute atomic E-state index is 0.123. The maximum absolute atomic E-state index is 13.2. The lowest BCUT2D eigenvalue weighted by Crippen LogP contribution is -2.51. The molecule has 3 aromatic rings. The molecule has 2 aromatic carbocycles. The van der Waals surface area contributed by atoms with Crippen molar-refractivity contribution in [2.75, 3.05) is 62.6 Å². The Morgan fingerprint density at radius 3 is 2.18 bits per heavy atom. The average Bonchev–Trinajstić information content (AvgIpc) is 2.92. The molecule has 2 fully saturated rings. The number of H-pyrrole nitrogens is 1. The van der Waals surface area contributed by atoms with E-state index in [2.05, 4.69) is 20.1 Å². The third kappa shape index (κ3) is 6.76. The molecule has 200 valence electrons. The quantitative estimate of drug-likeness (QED) is 0.521. The van der Waals surface area contributed by atoms with E-state index in [1.165, 1.54) is 12.1 Å². The molecule has 0 aliphatic carbocycles. The van der Waals surface area contributed by atoms with Crippen molar-refractivity contribution < 1.29 is 9.18 Å². The van der Waals surface area contributed by atoms with Crippen LogP contribution < -0.4 is 15.8 Å². The second kappa shape index (κ2) is 11.7. The van der Waals surface area contributed by atoms with Crippen LogP contribution in [0, 0.1) is 12.7 Å². The maximum Gasteiger partial charge on any atom is 0.321 e. The van der Waals surface area contributed by atoms with E-state index in [1.807, 2.05) is 48.2 Å². The number of halogens is 1. The summed E-state index contributed by atoms with van der Waals surface area (Å²) in [4.78, 5) is 41.2. The normalized spacial score (nSPS) is 17.0. The van der Waals surface area contributed by atoms with Crippen LogP contribution in [-0.4, -0.2) is 83.1 Å². The van der Waals surface area contributed by atoms with E-state index >= 15 is 0 Å². The fraction of sp³-hybridized carbons (Fsp3) is 0.393. The Morgan fingerprint density at radius 2 is 1.53 bits per heavy atom. The number of anilines is 2. The largest absolute Gasteiger partial charge is 0.339 e. The molecular weight excluding hydrogens is 485 g/mol. The van der Waals surface area contributed by atoms with Crippen LogP contribution in [0.15, 0.2) is 59.4 Å². The topological polar surface area (TPSA) is 87.8 Å². The summed E-state index contributed by atoms with van der Waals surface area (Å²) in [5, 5.41) is 2.95. The molecule has 9 nitrogen and oxygen atoms in total. The number of piperazine rings is 2. The molecular formula is C28H34FN7O2. The molecule has 0 saturated carbocycles. The van der Waals surface area contributed by atoms with Crippen LogP contribution in [0.2, 0.25) is 0 Å². The molecule has 0 atom stereocenters.